The van der Waals surface area contributed by atoms with E-state index in [1.54, 1.807) is 13.0 Å². The van der Waals surface area contributed by atoms with Gasteiger partial charge in [-0.15, -0.1) is 0 Å². The molecule has 0 N–H and O–H groups in total. The van der Waals surface area contributed by atoms with Crippen molar-refractivity contribution in [2.45, 2.75) is 103 Å². The Morgan fingerprint density at radius 2 is 1.91 bits per heavy atom. The largest absolute Gasteiger partial charge is 0.459 e. The van der Waals surface area contributed by atoms with Crippen molar-refractivity contribution in [2.75, 3.05) is 0 Å². The predicted molar refractivity (Wildman–Crippen MR) is 117 cm³/mol. The lowest BCUT2D eigenvalue weighted by Crippen LogP contribution is -2.40. The summed E-state index contributed by atoms with van der Waals surface area (Å²) < 4.78 is 28.8. The molecule has 4 aliphatic rings. The summed E-state index contributed by atoms with van der Waals surface area (Å²) >= 11 is 0. The number of carbonyl (C=O) groups is 3. The summed E-state index contributed by atoms with van der Waals surface area (Å²) in [5, 5.41) is 0. The molecule has 0 saturated carbocycles. The second kappa shape index (κ2) is 8.24. The first-order valence-corrected chi connectivity index (χ1v) is 11.7. The molecule has 3 aliphatic heterocycles. The topological polar surface area (TPSA) is 104 Å². The van der Waals surface area contributed by atoms with Gasteiger partial charge in [0.15, 0.2) is 5.60 Å². The smallest absolute Gasteiger partial charge is 0.341 e. The highest BCUT2D eigenvalue weighted by Gasteiger charge is 2.61. The molecule has 33 heavy (non-hydrogen) atoms. The monoisotopic (exact) mass is 462 g/mol. The van der Waals surface area contributed by atoms with Crippen LogP contribution in [0.3, 0.4) is 0 Å². The van der Waals surface area contributed by atoms with Crippen LogP contribution < -0.4 is 0 Å². The van der Waals surface area contributed by atoms with Crippen molar-refractivity contribution in [2.24, 2.45) is 11.8 Å². The van der Waals surface area contributed by atoms with Gasteiger partial charge in [-0.1, -0.05) is 20.4 Å². The van der Waals surface area contributed by atoms with Crippen LogP contribution in [0, 0.1) is 11.8 Å². The lowest BCUT2D eigenvalue weighted by Gasteiger charge is -2.30. The average molecular weight is 463 g/mol. The number of esters is 3. The lowest BCUT2D eigenvalue weighted by molar-refractivity contribution is -0.159. The van der Waals surface area contributed by atoms with Gasteiger partial charge in [0.25, 0.3) is 0 Å². The molecule has 3 fully saturated rings. The molecule has 0 radical (unpaired) electrons. The van der Waals surface area contributed by atoms with Gasteiger partial charge in [0.2, 0.25) is 0 Å². The second-order valence-electron chi connectivity index (χ2n) is 10.6. The third-order valence-electron chi connectivity index (χ3n) is 7.32. The van der Waals surface area contributed by atoms with Gasteiger partial charge in [-0.2, -0.15) is 0 Å². The number of hydrogen-bond donors (Lipinski definition) is 0. The molecule has 8 atom stereocenters. The van der Waals surface area contributed by atoms with Crippen molar-refractivity contribution in [3.05, 3.63) is 23.8 Å². The zero-order valence-corrected chi connectivity index (χ0v) is 20.2. The van der Waals surface area contributed by atoms with E-state index in [0.717, 1.165) is 5.57 Å². The maximum atomic E-state index is 12.9. The first-order valence-electron chi connectivity index (χ1n) is 11.7. The van der Waals surface area contributed by atoms with E-state index in [0.29, 0.717) is 19.3 Å². The van der Waals surface area contributed by atoms with Crippen LogP contribution in [-0.4, -0.2) is 59.6 Å². The summed E-state index contributed by atoms with van der Waals surface area (Å²) in [5.74, 6) is -1.65. The third-order valence-corrected chi connectivity index (χ3v) is 7.32. The highest BCUT2D eigenvalue weighted by atomic mass is 16.7. The highest BCUT2D eigenvalue weighted by Crippen LogP contribution is 2.49. The van der Waals surface area contributed by atoms with Gasteiger partial charge in [-0.25, -0.2) is 9.59 Å². The minimum atomic E-state index is -0.984. The van der Waals surface area contributed by atoms with Crippen LogP contribution in [0.2, 0.25) is 0 Å². The van der Waals surface area contributed by atoms with Crippen molar-refractivity contribution in [3.63, 3.8) is 0 Å². The molecular formula is C25H34O8. The van der Waals surface area contributed by atoms with Crippen LogP contribution in [0.4, 0.5) is 0 Å². The number of rotatable bonds is 5. The minimum absolute atomic E-state index is 0.173. The quantitative estimate of drug-likeness (QED) is 0.202. The van der Waals surface area contributed by atoms with E-state index in [2.05, 4.69) is 6.58 Å². The molecule has 0 aromatic rings. The Morgan fingerprint density at radius 3 is 2.52 bits per heavy atom. The standard InChI is InChI=1S/C25H34O8/c1-12(2)8-20(26)29-16-10-19-24(6,33-19)11-18(31-23(28)25(7)15(5)32-25)21-14(4)22(27)30-17(21)9-13(16)3/h9,12,15-19,21H,4,8,10-11H2,1-3,5-7H3/b13-9-/t15-,16+,17-,18-,19-,21+,24-,25-/m1/s1. The number of fused-ring (bicyclic) bond motifs is 2. The first kappa shape index (κ1) is 24.0. The minimum Gasteiger partial charge on any atom is -0.459 e. The van der Waals surface area contributed by atoms with Gasteiger partial charge in [-0.3, -0.25) is 4.79 Å². The summed E-state index contributed by atoms with van der Waals surface area (Å²) in [6, 6.07) is 0. The number of ether oxygens (including phenoxy) is 5. The van der Waals surface area contributed by atoms with Crippen LogP contribution in [-0.2, 0) is 38.1 Å². The fourth-order valence-electron chi connectivity index (χ4n) is 4.82. The van der Waals surface area contributed by atoms with E-state index < -0.39 is 47.4 Å². The van der Waals surface area contributed by atoms with Crippen LogP contribution in [0.15, 0.2) is 23.8 Å². The maximum absolute atomic E-state index is 12.9. The van der Waals surface area contributed by atoms with Gasteiger partial charge < -0.3 is 23.7 Å². The molecule has 1 aliphatic carbocycles. The van der Waals surface area contributed by atoms with Gasteiger partial charge in [0, 0.05) is 24.8 Å². The molecule has 0 aromatic heterocycles. The Kier molecular flexibility index (Phi) is 5.98. The summed E-state index contributed by atoms with van der Waals surface area (Å²) in [6.07, 6.45) is 0.710. The van der Waals surface area contributed by atoms with Gasteiger partial charge in [0.1, 0.15) is 18.3 Å². The third kappa shape index (κ3) is 4.60. The van der Waals surface area contributed by atoms with E-state index in [1.165, 1.54) is 0 Å². The Labute approximate surface area is 194 Å². The van der Waals surface area contributed by atoms with Crippen LogP contribution >= 0.6 is 0 Å². The number of epoxide rings is 2. The zero-order chi connectivity index (χ0) is 24.3. The Morgan fingerprint density at radius 1 is 1.24 bits per heavy atom. The van der Waals surface area contributed by atoms with Crippen molar-refractivity contribution >= 4 is 17.9 Å². The van der Waals surface area contributed by atoms with Crippen LogP contribution in [0.5, 0.6) is 0 Å². The molecule has 0 unspecified atom stereocenters. The molecular weight excluding hydrogens is 428 g/mol. The molecule has 0 amide bonds. The molecule has 8 nitrogen and oxygen atoms in total. The summed E-state index contributed by atoms with van der Waals surface area (Å²) in [5.41, 5.74) is -0.549. The van der Waals surface area contributed by atoms with E-state index in [1.807, 2.05) is 34.6 Å². The predicted octanol–water partition coefficient (Wildman–Crippen LogP) is 3.03. The number of carbonyl (C=O) groups excluding carboxylic acids is 3. The van der Waals surface area contributed by atoms with Crippen molar-refractivity contribution in [1.29, 1.82) is 0 Å². The normalized spacial score (nSPS) is 43.5. The fourth-order valence-corrected chi connectivity index (χ4v) is 4.82. The van der Waals surface area contributed by atoms with Crippen LogP contribution in [0.1, 0.15) is 60.8 Å². The van der Waals surface area contributed by atoms with Crippen LogP contribution in [0.25, 0.3) is 0 Å². The molecule has 3 heterocycles. The van der Waals surface area contributed by atoms with Gasteiger partial charge >= 0.3 is 17.9 Å². The van der Waals surface area contributed by atoms with E-state index in [9.17, 15) is 14.4 Å². The van der Waals surface area contributed by atoms with Crippen molar-refractivity contribution in [3.8, 4) is 0 Å². The van der Waals surface area contributed by atoms with E-state index in [-0.39, 0.29) is 29.7 Å². The highest BCUT2D eigenvalue weighted by molar-refractivity contribution is 5.91. The summed E-state index contributed by atoms with van der Waals surface area (Å²) in [7, 11) is 0. The first-order chi connectivity index (χ1) is 15.3. The Balaban J connectivity index is 1.63. The van der Waals surface area contributed by atoms with Gasteiger partial charge in [0.05, 0.1) is 23.7 Å². The molecule has 3 saturated heterocycles. The lowest BCUT2D eigenvalue weighted by atomic mass is 9.82. The average Bonchev–Trinajstić information content (AvgIpc) is 3.49. The molecule has 4 rings (SSSR count). The van der Waals surface area contributed by atoms with E-state index >= 15 is 0 Å². The Bertz CT molecular complexity index is 906. The zero-order valence-electron chi connectivity index (χ0n) is 20.2. The molecule has 0 bridgehead atoms. The second-order valence-corrected chi connectivity index (χ2v) is 10.6. The van der Waals surface area contributed by atoms with Crippen molar-refractivity contribution < 1.29 is 38.1 Å². The van der Waals surface area contributed by atoms with E-state index in [4.69, 9.17) is 23.7 Å². The SMILES string of the molecule is C=C1C(=O)O[C@@H]2/C=C(/C)[C@@H](OC(=O)CC(C)C)C[C@H]3O[C@]3(C)C[C@@H](OC(=O)[C@]3(C)O[C@@H]3C)[C@@H]12. The molecule has 0 aromatic carbocycles. The molecule has 182 valence electrons. The molecule has 8 heteroatoms. The van der Waals surface area contributed by atoms with Crippen molar-refractivity contribution in [1.82, 2.24) is 0 Å². The van der Waals surface area contributed by atoms with Gasteiger partial charge in [-0.05, 0) is 45.3 Å². The molecule has 0 spiro atoms. The Hall–Kier alpha value is -2.19. The summed E-state index contributed by atoms with van der Waals surface area (Å²) in [6.45, 7) is 15.2. The number of hydrogen-bond acceptors (Lipinski definition) is 8. The maximum Gasteiger partial charge on any atom is 0.341 e. The fraction of sp³-hybridized carbons (Fsp3) is 0.720. The summed E-state index contributed by atoms with van der Waals surface area (Å²) in [4.78, 5) is 37.7.